The molecule has 0 radical (unpaired) electrons. The van der Waals surface area contributed by atoms with E-state index in [9.17, 15) is 0 Å². The third kappa shape index (κ3) is 3.83. The molecule has 3 nitrogen and oxygen atoms in total. The molecule has 0 amide bonds. The molecule has 1 N–H and O–H groups in total. The van der Waals surface area contributed by atoms with E-state index in [1.54, 1.807) is 14.2 Å². The summed E-state index contributed by atoms with van der Waals surface area (Å²) in [6.45, 7) is 0.808. The fourth-order valence-corrected chi connectivity index (χ4v) is 1.77. The Hall–Kier alpha value is -1.06. The highest BCUT2D eigenvalue weighted by Crippen LogP contribution is 2.22. The van der Waals surface area contributed by atoms with Crippen molar-refractivity contribution in [1.82, 2.24) is 5.32 Å². The first-order valence-electron chi connectivity index (χ1n) is 5.62. The van der Waals surface area contributed by atoms with E-state index in [1.165, 1.54) is 5.56 Å². The van der Waals surface area contributed by atoms with E-state index in [0.717, 1.165) is 25.2 Å². The molecule has 1 aromatic carbocycles. The molecule has 3 heteroatoms. The van der Waals surface area contributed by atoms with E-state index >= 15 is 0 Å². The summed E-state index contributed by atoms with van der Waals surface area (Å²) in [7, 11) is 5.41. The van der Waals surface area contributed by atoms with Gasteiger partial charge in [-0.2, -0.15) is 0 Å². The summed E-state index contributed by atoms with van der Waals surface area (Å²) in [6.07, 6.45) is 2.12. The fraction of sp³-hybridized carbons (Fsp3) is 0.538. The molecule has 0 saturated heterocycles. The first-order valence-corrected chi connectivity index (χ1v) is 5.62. The lowest BCUT2D eigenvalue weighted by Crippen LogP contribution is -2.16. The lowest BCUT2D eigenvalue weighted by molar-refractivity contribution is 0.189. The smallest absolute Gasteiger partial charge is 0.119 e. The maximum absolute atomic E-state index is 5.22. The van der Waals surface area contributed by atoms with Gasteiger partial charge in [-0.05, 0) is 37.6 Å². The maximum Gasteiger partial charge on any atom is 0.119 e. The molecule has 1 atom stereocenters. The van der Waals surface area contributed by atoms with Crippen LogP contribution in [0, 0.1) is 0 Å². The minimum absolute atomic E-state index is 0.366. The normalized spacial score (nSPS) is 12.4. The van der Waals surface area contributed by atoms with E-state index in [4.69, 9.17) is 9.47 Å². The largest absolute Gasteiger partial charge is 0.497 e. The molecule has 0 bridgehead atoms. The van der Waals surface area contributed by atoms with E-state index in [1.807, 2.05) is 19.2 Å². The number of methoxy groups -OCH3 is 2. The van der Waals surface area contributed by atoms with Crippen LogP contribution in [0.2, 0.25) is 0 Å². The summed E-state index contributed by atoms with van der Waals surface area (Å²) in [5.74, 6) is 0.907. The molecule has 0 aromatic heterocycles. The quantitative estimate of drug-likeness (QED) is 0.720. The molecular weight excluding hydrogens is 202 g/mol. The van der Waals surface area contributed by atoms with Crippen LogP contribution in [0.25, 0.3) is 0 Å². The second-order valence-electron chi connectivity index (χ2n) is 3.75. The Balaban J connectivity index is 2.62. The summed E-state index contributed by atoms with van der Waals surface area (Å²) < 4.78 is 10.3. The zero-order valence-corrected chi connectivity index (χ0v) is 10.3. The van der Waals surface area contributed by atoms with Gasteiger partial charge in [-0.15, -0.1) is 0 Å². The maximum atomic E-state index is 5.22. The Labute approximate surface area is 97.8 Å². The number of hydrogen-bond donors (Lipinski definition) is 1. The van der Waals surface area contributed by atoms with Crippen molar-refractivity contribution in [3.05, 3.63) is 29.8 Å². The van der Waals surface area contributed by atoms with Crippen molar-refractivity contribution < 1.29 is 9.47 Å². The van der Waals surface area contributed by atoms with Crippen LogP contribution in [-0.4, -0.2) is 27.9 Å². The van der Waals surface area contributed by atoms with Crippen molar-refractivity contribution in [3.8, 4) is 5.75 Å². The van der Waals surface area contributed by atoms with Crippen molar-refractivity contribution in [1.29, 1.82) is 0 Å². The molecule has 1 unspecified atom stereocenters. The van der Waals surface area contributed by atoms with Gasteiger partial charge in [-0.25, -0.2) is 0 Å². The molecule has 90 valence electrons. The van der Waals surface area contributed by atoms with Gasteiger partial charge in [0.15, 0.2) is 0 Å². The Morgan fingerprint density at radius 2 is 2.12 bits per heavy atom. The van der Waals surface area contributed by atoms with Crippen LogP contribution < -0.4 is 10.1 Å². The predicted octanol–water partition coefficient (Wildman–Crippen LogP) is 2.38. The van der Waals surface area contributed by atoms with E-state index in [0.29, 0.717) is 6.04 Å². The van der Waals surface area contributed by atoms with Crippen LogP contribution in [0.4, 0.5) is 0 Å². The van der Waals surface area contributed by atoms with Gasteiger partial charge in [-0.3, -0.25) is 0 Å². The van der Waals surface area contributed by atoms with Crippen molar-refractivity contribution in [2.75, 3.05) is 27.9 Å². The van der Waals surface area contributed by atoms with Gasteiger partial charge in [0.2, 0.25) is 0 Å². The third-order valence-electron chi connectivity index (χ3n) is 2.69. The summed E-state index contributed by atoms with van der Waals surface area (Å²) in [5.41, 5.74) is 1.26. The average Bonchev–Trinajstić information content (AvgIpc) is 2.35. The van der Waals surface area contributed by atoms with Crippen molar-refractivity contribution in [3.63, 3.8) is 0 Å². The Morgan fingerprint density at radius 1 is 1.31 bits per heavy atom. The van der Waals surface area contributed by atoms with Gasteiger partial charge in [0.05, 0.1) is 7.11 Å². The zero-order valence-electron chi connectivity index (χ0n) is 10.3. The topological polar surface area (TPSA) is 30.5 Å². The lowest BCUT2D eigenvalue weighted by atomic mass is 10.0. The van der Waals surface area contributed by atoms with Gasteiger partial charge in [0.1, 0.15) is 5.75 Å². The monoisotopic (exact) mass is 223 g/mol. The van der Waals surface area contributed by atoms with Gasteiger partial charge >= 0.3 is 0 Å². The molecule has 16 heavy (non-hydrogen) atoms. The zero-order chi connectivity index (χ0) is 11.8. The van der Waals surface area contributed by atoms with Crippen molar-refractivity contribution in [2.45, 2.75) is 18.9 Å². The second-order valence-corrected chi connectivity index (χ2v) is 3.75. The van der Waals surface area contributed by atoms with Gasteiger partial charge < -0.3 is 14.8 Å². The van der Waals surface area contributed by atoms with Crippen molar-refractivity contribution in [2.24, 2.45) is 0 Å². The van der Waals surface area contributed by atoms with Gasteiger partial charge in [-0.1, -0.05) is 12.1 Å². The van der Waals surface area contributed by atoms with Crippen molar-refractivity contribution >= 4 is 0 Å². The van der Waals surface area contributed by atoms with Crippen LogP contribution in [-0.2, 0) is 4.74 Å². The number of nitrogens with one attached hydrogen (secondary N) is 1. The SMILES string of the molecule is CNC(CCCOC)c1cccc(OC)c1. The molecule has 0 heterocycles. The molecule has 0 saturated carbocycles. The number of rotatable bonds is 7. The van der Waals surface area contributed by atoms with Crippen LogP contribution in [0.1, 0.15) is 24.4 Å². The summed E-state index contributed by atoms with van der Waals surface area (Å²) in [4.78, 5) is 0. The number of ether oxygens (including phenoxy) is 2. The summed E-state index contributed by atoms with van der Waals surface area (Å²) >= 11 is 0. The van der Waals surface area contributed by atoms with E-state index < -0.39 is 0 Å². The second kappa shape index (κ2) is 7.25. The minimum Gasteiger partial charge on any atom is -0.497 e. The number of hydrogen-bond acceptors (Lipinski definition) is 3. The van der Waals surface area contributed by atoms with Gasteiger partial charge in [0, 0.05) is 19.8 Å². The molecule has 0 aliphatic carbocycles. The summed E-state index contributed by atoms with van der Waals surface area (Å²) in [5, 5.41) is 3.32. The Kier molecular flexibility index (Phi) is 5.90. The highest BCUT2D eigenvalue weighted by atomic mass is 16.5. The first kappa shape index (κ1) is 13.0. The molecule has 1 rings (SSSR count). The van der Waals surface area contributed by atoms with Gasteiger partial charge in [0.25, 0.3) is 0 Å². The van der Waals surface area contributed by atoms with Crippen LogP contribution in [0.5, 0.6) is 5.75 Å². The minimum atomic E-state index is 0.366. The van der Waals surface area contributed by atoms with E-state index in [-0.39, 0.29) is 0 Å². The highest BCUT2D eigenvalue weighted by Gasteiger charge is 2.09. The fourth-order valence-electron chi connectivity index (χ4n) is 1.77. The molecular formula is C13H21NO2. The van der Waals surface area contributed by atoms with Crippen LogP contribution in [0.15, 0.2) is 24.3 Å². The lowest BCUT2D eigenvalue weighted by Gasteiger charge is -2.17. The highest BCUT2D eigenvalue weighted by molar-refractivity contribution is 5.30. The average molecular weight is 223 g/mol. The predicted molar refractivity (Wildman–Crippen MR) is 65.9 cm³/mol. The van der Waals surface area contributed by atoms with Crippen LogP contribution in [0.3, 0.4) is 0 Å². The number of benzene rings is 1. The molecule has 0 fully saturated rings. The Bertz CT molecular complexity index is 302. The standard InChI is InChI=1S/C13H21NO2/c1-14-13(8-5-9-15-2)11-6-4-7-12(10-11)16-3/h4,6-7,10,13-14H,5,8-9H2,1-3H3. The van der Waals surface area contributed by atoms with E-state index in [2.05, 4.69) is 17.4 Å². The first-order chi connectivity index (χ1) is 7.81. The Morgan fingerprint density at radius 3 is 2.75 bits per heavy atom. The molecule has 0 aliphatic rings. The molecule has 0 aliphatic heterocycles. The summed E-state index contributed by atoms with van der Waals surface area (Å²) in [6, 6.07) is 8.55. The van der Waals surface area contributed by atoms with Crippen LogP contribution >= 0.6 is 0 Å². The third-order valence-corrected chi connectivity index (χ3v) is 2.69. The molecule has 0 spiro atoms. The molecule has 1 aromatic rings.